The van der Waals surface area contributed by atoms with E-state index in [1.807, 2.05) is 0 Å². The summed E-state index contributed by atoms with van der Waals surface area (Å²) >= 11 is 0. The largest absolute Gasteiger partial charge is 0.382 e. The molecule has 0 unspecified atom stereocenters. The lowest BCUT2D eigenvalue weighted by Crippen LogP contribution is -2.01. The zero-order chi connectivity index (χ0) is 7.28. The third-order valence-electron chi connectivity index (χ3n) is 0.628. The van der Waals surface area contributed by atoms with E-state index in [-0.39, 0.29) is 5.57 Å². The SMILES string of the molecule is CN(C)C=C(C#N)C#N. The highest BCUT2D eigenvalue weighted by molar-refractivity contribution is 5.34. The molecule has 9 heavy (non-hydrogen) atoms. The number of nitrogens with zero attached hydrogens (tertiary/aromatic N) is 3. The van der Waals surface area contributed by atoms with Crippen molar-refractivity contribution in [2.45, 2.75) is 0 Å². The number of rotatable bonds is 1. The molecule has 3 nitrogen and oxygen atoms in total. The lowest BCUT2D eigenvalue weighted by atomic mass is 10.3. The Labute approximate surface area is 54.4 Å². The van der Waals surface area contributed by atoms with Crippen LogP contribution in [0.15, 0.2) is 11.8 Å². The zero-order valence-corrected chi connectivity index (χ0v) is 5.42. The molecule has 0 saturated carbocycles. The molecule has 0 aromatic carbocycles. The predicted molar refractivity (Wildman–Crippen MR) is 33.0 cm³/mol. The first-order valence-corrected chi connectivity index (χ1v) is 2.39. The van der Waals surface area contributed by atoms with E-state index in [9.17, 15) is 0 Å². The maximum absolute atomic E-state index is 8.21. The highest BCUT2D eigenvalue weighted by Gasteiger charge is 1.88. The second kappa shape index (κ2) is 3.51. The van der Waals surface area contributed by atoms with Crippen molar-refractivity contribution in [2.24, 2.45) is 0 Å². The molecule has 0 heterocycles. The molecule has 0 aliphatic rings. The quantitative estimate of drug-likeness (QED) is 0.474. The second-order valence-electron chi connectivity index (χ2n) is 1.73. The van der Waals surface area contributed by atoms with Gasteiger partial charge in [0.2, 0.25) is 0 Å². The normalized spacial score (nSPS) is 6.67. The smallest absolute Gasteiger partial charge is 0.145 e. The highest BCUT2D eigenvalue weighted by Crippen LogP contribution is 1.88. The van der Waals surface area contributed by atoms with Crippen LogP contribution in [0.4, 0.5) is 0 Å². The van der Waals surface area contributed by atoms with Gasteiger partial charge < -0.3 is 4.90 Å². The minimum Gasteiger partial charge on any atom is -0.382 e. The van der Waals surface area contributed by atoms with Crippen molar-refractivity contribution < 1.29 is 0 Å². The van der Waals surface area contributed by atoms with Gasteiger partial charge in [-0.05, 0) is 0 Å². The van der Waals surface area contributed by atoms with Gasteiger partial charge in [-0.25, -0.2) is 0 Å². The fourth-order valence-corrected chi connectivity index (χ4v) is 0.341. The molecule has 0 aliphatic carbocycles. The summed E-state index contributed by atoms with van der Waals surface area (Å²) in [5.74, 6) is 0. The molecular weight excluding hydrogens is 114 g/mol. The Hall–Kier alpha value is -1.48. The molecule has 0 saturated heterocycles. The minimum absolute atomic E-state index is 0.125. The first-order valence-electron chi connectivity index (χ1n) is 2.39. The van der Waals surface area contributed by atoms with E-state index < -0.39 is 0 Å². The van der Waals surface area contributed by atoms with Crippen LogP contribution in [0.1, 0.15) is 0 Å². The minimum atomic E-state index is 0.125. The number of hydrogen-bond acceptors (Lipinski definition) is 3. The monoisotopic (exact) mass is 121 g/mol. The lowest BCUT2D eigenvalue weighted by Gasteiger charge is -2.01. The van der Waals surface area contributed by atoms with Crippen LogP contribution < -0.4 is 0 Å². The van der Waals surface area contributed by atoms with Gasteiger partial charge in [-0.1, -0.05) is 0 Å². The number of allylic oxidation sites excluding steroid dienone is 1. The predicted octanol–water partition coefficient (Wildman–Crippen LogP) is 0.479. The van der Waals surface area contributed by atoms with Gasteiger partial charge in [-0.3, -0.25) is 0 Å². The van der Waals surface area contributed by atoms with Crippen molar-refractivity contribution in [1.29, 1.82) is 10.5 Å². The summed E-state index contributed by atoms with van der Waals surface area (Å²) in [5.41, 5.74) is 0.125. The van der Waals surface area contributed by atoms with Gasteiger partial charge in [0.05, 0.1) is 0 Å². The molecule has 0 aromatic heterocycles. The molecule has 0 N–H and O–H groups in total. The van der Waals surface area contributed by atoms with Crippen LogP contribution in [-0.2, 0) is 0 Å². The zero-order valence-electron chi connectivity index (χ0n) is 5.42. The van der Waals surface area contributed by atoms with Crippen molar-refractivity contribution in [1.82, 2.24) is 4.90 Å². The molecule has 46 valence electrons. The van der Waals surface area contributed by atoms with E-state index in [1.165, 1.54) is 6.20 Å². The highest BCUT2D eigenvalue weighted by atomic mass is 15.0. The van der Waals surface area contributed by atoms with Crippen molar-refractivity contribution >= 4 is 0 Å². The van der Waals surface area contributed by atoms with E-state index >= 15 is 0 Å². The Kier molecular flexibility index (Phi) is 2.94. The topological polar surface area (TPSA) is 50.8 Å². The van der Waals surface area contributed by atoms with Crippen LogP contribution in [0.5, 0.6) is 0 Å². The molecule has 0 fully saturated rings. The van der Waals surface area contributed by atoms with Gasteiger partial charge in [0.15, 0.2) is 0 Å². The molecule has 0 aromatic rings. The maximum Gasteiger partial charge on any atom is 0.145 e. The molecule has 0 spiro atoms. The van der Waals surface area contributed by atoms with Crippen LogP contribution in [0, 0.1) is 22.7 Å². The molecule has 0 aliphatic heterocycles. The summed E-state index contributed by atoms with van der Waals surface area (Å²) in [6.07, 6.45) is 1.47. The van der Waals surface area contributed by atoms with E-state index in [0.717, 1.165) is 0 Å². The lowest BCUT2D eigenvalue weighted by molar-refractivity contribution is 0.562. The standard InChI is InChI=1S/C6H7N3/c1-9(2)5-6(3-7)4-8/h5H,1-2H3. The van der Waals surface area contributed by atoms with Crippen molar-refractivity contribution in [3.63, 3.8) is 0 Å². The Morgan fingerprint density at radius 2 is 1.78 bits per heavy atom. The van der Waals surface area contributed by atoms with Gasteiger partial charge in [0, 0.05) is 20.3 Å². The molecule has 0 radical (unpaired) electrons. The van der Waals surface area contributed by atoms with Crippen molar-refractivity contribution in [3.05, 3.63) is 11.8 Å². The van der Waals surface area contributed by atoms with Crippen LogP contribution in [-0.4, -0.2) is 19.0 Å². The summed E-state index contributed by atoms with van der Waals surface area (Å²) in [4.78, 5) is 1.65. The molecule has 0 rings (SSSR count). The van der Waals surface area contributed by atoms with Crippen molar-refractivity contribution in [2.75, 3.05) is 14.1 Å². The van der Waals surface area contributed by atoms with E-state index in [2.05, 4.69) is 0 Å². The molecule has 3 heteroatoms. The molecular formula is C6H7N3. The average Bonchev–Trinajstić information content (AvgIpc) is 1.82. The molecule has 0 amide bonds. The van der Waals surface area contributed by atoms with Gasteiger partial charge in [-0.2, -0.15) is 10.5 Å². The first kappa shape index (κ1) is 7.52. The second-order valence-corrected chi connectivity index (χ2v) is 1.73. The van der Waals surface area contributed by atoms with Crippen LogP contribution in [0.3, 0.4) is 0 Å². The molecule has 0 atom stereocenters. The van der Waals surface area contributed by atoms with E-state index in [4.69, 9.17) is 10.5 Å². The third kappa shape index (κ3) is 3.13. The van der Waals surface area contributed by atoms with Crippen LogP contribution in [0.2, 0.25) is 0 Å². The summed E-state index contributed by atoms with van der Waals surface area (Å²) in [7, 11) is 3.52. The fourth-order valence-electron chi connectivity index (χ4n) is 0.341. The number of hydrogen-bond donors (Lipinski definition) is 0. The average molecular weight is 121 g/mol. The van der Waals surface area contributed by atoms with Gasteiger partial charge in [0.1, 0.15) is 17.7 Å². The molecule has 0 bridgehead atoms. The Morgan fingerprint density at radius 3 is 1.89 bits per heavy atom. The summed E-state index contributed by atoms with van der Waals surface area (Å²) in [5, 5.41) is 16.4. The Balaban J connectivity index is 4.18. The first-order chi connectivity index (χ1) is 4.20. The Morgan fingerprint density at radius 1 is 1.33 bits per heavy atom. The van der Waals surface area contributed by atoms with Gasteiger partial charge >= 0.3 is 0 Å². The van der Waals surface area contributed by atoms with E-state index in [1.54, 1.807) is 31.1 Å². The summed E-state index contributed by atoms with van der Waals surface area (Å²) < 4.78 is 0. The van der Waals surface area contributed by atoms with Crippen molar-refractivity contribution in [3.8, 4) is 12.1 Å². The van der Waals surface area contributed by atoms with Gasteiger partial charge in [0.25, 0.3) is 0 Å². The van der Waals surface area contributed by atoms with Crippen LogP contribution in [0.25, 0.3) is 0 Å². The van der Waals surface area contributed by atoms with Gasteiger partial charge in [-0.15, -0.1) is 0 Å². The third-order valence-corrected chi connectivity index (χ3v) is 0.628. The maximum atomic E-state index is 8.21. The summed E-state index contributed by atoms with van der Waals surface area (Å²) in [6, 6.07) is 3.48. The Bertz CT molecular complexity index is 173. The van der Waals surface area contributed by atoms with E-state index in [0.29, 0.717) is 0 Å². The van der Waals surface area contributed by atoms with Crippen LogP contribution >= 0.6 is 0 Å². The summed E-state index contributed by atoms with van der Waals surface area (Å²) in [6.45, 7) is 0. The number of nitriles is 2. The fraction of sp³-hybridized carbons (Fsp3) is 0.333.